The van der Waals surface area contributed by atoms with Crippen molar-refractivity contribution in [2.45, 2.75) is 104 Å². The second-order valence-electron chi connectivity index (χ2n) is 8.59. The molecule has 0 aromatic carbocycles. The van der Waals surface area contributed by atoms with E-state index in [9.17, 15) is 9.59 Å². The number of carbonyl (C=O) groups is 2. The Morgan fingerprint density at radius 1 is 1.00 bits per heavy atom. The predicted molar refractivity (Wildman–Crippen MR) is 110 cm³/mol. The minimum absolute atomic E-state index is 0.172. The molecular formula is C22H39NO5. The standard InChI is InChI=1S/C22H39NO5/c1-8-11-12-13-17-22(18(24)26-9-2,19(25)27-10-3)28-23-20(4,5)15-14-16-21(23,6)7/h8,11H,9-10,12-17H2,1-7H3/b11-8+. The Morgan fingerprint density at radius 3 is 1.93 bits per heavy atom. The molecule has 0 aromatic heterocycles. The Morgan fingerprint density at radius 2 is 1.50 bits per heavy atom. The average Bonchev–Trinajstić information content (AvgIpc) is 2.60. The van der Waals surface area contributed by atoms with Crippen LogP contribution < -0.4 is 0 Å². The Hall–Kier alpha value is -1.40. The molecule has 28 heavy (non-hydrogen) atoms. The van der Waals surface area contributed by atoms with Crippen LogP contribution in [0, 0.1) is 0 Å². The van der Waals surface area contributed by atoms with Crippen molar-refractivity contribution in [3.8, 4) is 0 Å². The zero-order chi connectivity index (χ0) is 21.4. The molecule has 0 unspecified atom stereocenters. The highest BCUT2D eigenvalue weighted by Crippen LogP contribution is 2.41. The first-order chi connectivity index (χ1) is 13.1. The van der Waals surface area contributed by atoms with Gasteiger partial charge in [0.25, 0.3) is 5.60 Å². The van der Waals surface area contributed by atoms with Crippen LogP contribution in [0.15, 0.2) is 12.2 Å². The van der Waals surface area contributed by atoms with Crippen LogP contribution in [0.4, 0.5) is 0 Å². The highest BCUT2D eigenvalue weighted by Gasteiger charge is 2.56. The number of piperidine rings is 1. The molecule has 6 heteroatoms. The highest BCUT2D eigenvalue weighted by atomic mass is 16.7. The third-order valence-corrected chi connectivity index (χ3v) is 5.27. The highest BCUT2D eigenvalue weighted by molar-refractivity contribution is 6.03. The number of hydroxylamine groups is 2. The van der Waals surface area contributed by atoms with Gasteiger partial charge in [0.15, 0.2) is 0 Å². The lowest BCUT2D eigenvalue weighted by molar-refractivity contribution is -0.329. The van der Waals surface area contributed by atoms with Crippen LogP contribution in [0.3, 0.4) is 0 Å². The van der Waals surface area contributed by atoms with Crippen molar-refractivity contribution in [1.29, 1.82) is 0 Å². The van der Waals surface area contributed by atoms with E-state index in [1.165, 1.54) is 0 Å². The Kier molecular flexibility index (Phi) is 9.15. The molecule has 1 aliphatic rings. The zero-order valence-corrected chi connectivity index (χ0v) is 18.8. The van der Waals surface area contributed by atoms with Crippen molar-refractivity contribution in [3.05, 3.63) is 12.2 Å². The van der Waals surface area contributed by atoms with Crippen LogP contribution in [-0.2, 0) is 23.9 Å². The smallest absolute Gasteiger partial charge is 0.352 e. The second-order valence-corrected chi connectivity index (χ2v) is 8.59. The molecule has 0 aromatic rings. The molecule has 0 aliphatic carbocycles. The molecule has 0 saturated carbocycles. The number of rotatable bonds is 10. The molecule has 0 bridgehead atoms. The largest absolute Gasteiger partial charge is 0.463 e. The number of esters is 2. The van der Waals surface area contributed by atoms with Crippen molar-refractivity contribution >= 4 is 11.9 Å². The zero-order valence-electron chi connectivity index (χ0n) is 18.8. The third kappa shape index (κ3) is 5.80. The molecule has 0 atom stereocenters. The molecule has 1 rings (SSSR count). The normalized spacial score (nSPS) is 19.5. The fourth-order valence-corrected chi connectivity index (χ4v) is 3.92. The van der Waals surface area contributed by atoms with E-state index in [1.54, 1.807) is 13.8 Å². The number of nitrogens with zero attached hydrogens (tertiary/aromatic N) is 1. The summed E-state index contributed by atoms with van der Waals surface area (Å²) in [6.45, 7) is 14.0. The molecule has 0 N–H and O–H groups in total. The Balaban J connectivity index is 3.35. The van der Waals surface area contributed by atoms with Crippen molar-refractivity contribution in [3.63, 3.8) is 0 Å². The number of carbonyl (C=O) groups excluding carboxylic acids is 2. The van der Waals surface area contributed by atoms with Crippen LogP contribution in [0.25, 0.3) is 0 Å². The quantitative estimate of drug-likeness (QED) is 0.233. The van der Waals surface area contributed by atoms with Crippen molar-refractivity contribution < 1.29 is 23.9 Å². The van der Waals surface area contributed by atoms with Crippen LogP contribution in [0.1, 0.15) is 87.0 Å². The first kappa shape index (κ1) is 24.6. The third-order valence-electron chi connectivity index (χ3n) is 5.27. The molecule has 1 aliphatic heterocycles. The summed E-state index contributed by atoms with van der Waals surface area (Å²) in [5, 5.41) is 1.84. The molecular weight excluding hydrogens is 358 g/mol. The maximum atomic E-state index is 13.0. The van der Waals surface area contributed by atoms with Crippen LogP contribution in [0.5, 0.6) is 0 Å². The fourth-order valence-electron chi connectivity index (χ4n) is 3.92. The van der Waals surface area contributed by atoms with Gasteiger partial charge in [-0.25, -0.2) is 9.59 Å². The molecule has 1 fully saturated rings. The van der Waals surface area contributed by atoms with Crippen molar-refractivity contribution in [2.24, 2.45) is 0 Å². The number of hydrogen-bond acceptors (Lipinski definition) is 6. The molecule has 6 nitrogen and oxygen atoms in total. The lowest BCUT2D eigenvalue weighted by Crippen LogP contribution is -2.65. The van der Waals surface area contributed by atoms with E-state index < -0.39 is 17.5 Å². The minimum atomic E-state index is -1.79. The van der Waals surface area contributed by atoms with Gasteiger partial charge >= 0.3 is 11.9 Å². The van der Waals surface area contributed by atoms with Gasteiger partial charge in [0.1, 0.15) is 0 Å². The summed E-state index contributed by atoms with van der Waals surface area (Å²) >= 11 is 0. The summed E-state index contributed by atoms with van der Waals surface area (Å²) < 4.78 is 10.6. The van der Waals surface area contributed by atoms with Gasteiger partial charge in [-0.2, -0.15) is 5.06 Å². The first-order valence-corrected chi connectivity index (χ1v) is 10.5. The van der Waals surface area contributed by atoms with Gasteiger partial charge in [-0.15, -0.1) is 0 Å². The van der Waals surface area contributed by atoms with E-state index in [0.717, 1.165) is 25.7 Å². The van der Waals surface area contributed by atoms with Gasteiger partial charge in [0, 0.05) is 17.5 Å². The summed E-state index contributed by atoms with van der Waals surface area (Å²) in [4.78, 5) is 32.5. The van der Waals surface area contributed by atoms with Gasteiger partial charge in [-0.1, -0.05) is 12.2 Å². The molecule has 0 spiro atoms. The first-order valence-electron chi connectivity index (χ1n) is 10.5. The molecule has 0 radical (unpaired) electrons. The van der Waals surface area contributed by atoms with E-state index in [4.69, 9.17) is 14.3 Å². The summed E-state index contributed by atoms with van der Waals surface area (Å²) in [6.07, 6.45) is 8.41. The van der Waals surface area contributed by atoms with Crippen LogP contribution in [0.2, 0.25) is 0 Å². The van der Waals surface area contributed by atoms with E-state index in [2.05, 4.69) is 27.7 Å². The topological polar surface area (TPSA) is 65.1 Å². The van der Waals surface area contributed by atoms with Crippen molar-refractivity contribution in [1.82, 2.24) is 5.06 Å². The molecule has 1 saturated heterocycles. The van der Waals surface area contributed by atoms with Gasteiger partial charge in [0.2, 0.25) is 0 Å². The van der Waals surface area contributed by atoms with E-state index >= 15 is 0 Å². The summed E-state index contributed by atoms with van der Waals surface area (Å²) in [5.74, 6) is -1.35. The molecule has 162 valence electrons. The molecule has 0 amide bonds. The van der Waals surface area contributed by atoms with Crippen molar-refractivity contribution in [2.75, 3.05) is 13.2 Å². The van der Waals surface area contributed by atoms with Gasteiger partial charge in [-0.05, 0) is 80.6 Å². The van der Waals surface area contributed by atoms with E-state index in [1.807, 2.05) is 24.1 Å². The summed E-state index contributed by atoms with van der Waals surface area (Å²) in [6, 6.07) is 0. The molecule has 1 heterocycles. The predicted octanol–water partition coefficient (Wildman–Crippen LogP) is 4.57. The number of allylic oxidation sites excluding steroid dienone is 2. The lowest BCUT2D eigenvalue weighted by Gasteiger charge is -2.53. The maximum absolute atomic E-state index is 13.0. The second kappa shape index (κ2) is 10.4. The van der Waals surface area contributed by atoms with Crippen LogP contribution in [-0.4, -0.2) is 46.9 Å². The lowest BCUT2D eigenvalue weighted by atomic mass is 9.82. The van der Waals surface area contributed by atoms with E-state index in [-0.39, 0.29) is 30.7 Å². The fraction of sp³-hybridized carbons (Fsp3) is 0.818. The average molecular weight is 398 g/mol. The summed E-state index contributed by atoms with van der Waals surface area (Å²) in [5.41, 5.74) is -2.44. The number of hydrogen-bond donors (Lipinski definition) is 0. The summed E-state index contributed by atoms with van der Waals surface area (Å²) in [7, 11) is 0. The number of unbranched alkanes of at least 4 members (excludes halogenated alkanes) is 1. The van der Waals surface area contributed by atoms with Gasteiger partial charge in [0.05, 0.1) is 13.2 Å². The van der Waals surface area contributed by atoms with E-state index in [0.29, 0.717) is 6.42 Å². The maximum Gasteiger partial charge on any atom is 0.352 e. The SMILES string of the molecule is C/C=C/CCCC(ON1C(C)(C)CCCC1(C)C)(C(=O)OCC)C(=O)OCC. The number of ether oxygens (including phenoxy) is 2. The Labute approximate surface area is 170 Å². The van der Waals surface area contributed by atoms with Gasteiger partial charge in [-0.3, -0.25) is 4.84 Å². The Bertz CT molecular complexity index is 519. The van der Waals surface area contributed by atoms with Crippen LogP contribution >= 0.6 is 0 Å². The minimum Gasteiger partial charge on any atom is -0.463 e. The van der Waals surface area contributed by atoms with Gasteiger partial charge < -0.3 is 9.47 Å². The monoisotopic (exact) mass is 397 g/mol.